The van der Waals surface area contributed by atoms with Crippen LogP contribution in [0.3, 0.4) is 0 Å². The highest BCUT2D eigenvalue weighted by Gasteiger charge is 2.07. The van der Waals surface area contributed by atoms with Crippen molar-refractivity contribution in [3.8, 4) is 0 Å². The molecule has 0 aliphatic rings. The Morgan fingerprint density at radius 3 is 2.45 bits per heavy atom. The van der Waals surface area contributed by atoms with E-state index >= 15 is 0 Å². The second-order valence-electron chi connectivity index (χ2n) is 2.04. The van der Waals surface area contributed by atoms with Crippen LogP contribution in [0, 0.1) is 9.39 Å². The molecule has 2 nitrogen and oxygen atoms in total. The lowest BCUT2D eigenvalue weighted by Crippen LogP contribution is -1.98. The van der Waals surface area contributed by atoms with Crippen LogP contribution in [0.2, 0.25) is 0 Å². The molecule has 1 aromatic rings. The zero-order valence-corrected chi connectivity index (χ0v) is 7.62. The first-order chi connectivity index (χ1) is 5.11. The summed E-state index contributed by atoms with van der Waals surface area (Å²) in [5, 5.41) is 17.4. The Kier molecular flexibility index (Phi) is 2.80. The molecule has 60 valence electrons. The van der Waals surface area contributed by atoms with Gasteiger partial charge in [-0.25, -0.2) is 4.39 Å². The number of aliphatic hydroxyl groups excluding tert-OH is 1. The van der Waals surface area contributed by atoms with E-state index in [1.54, 1.807) is 0 Å². The van der Waals surface area contributed by atoms with Gasteiger partial charge in [0.2, 0.25) is 0 Å². The summed E-state index contributed by atoms with van der Waals surface area (Å²) in [6, 6.07) is 3.87. The molecule has 0 bridgehead atoms. The van der Waals surface area contributed by atoms with Gasteiger partial charge < -0.3 is 10.2 Å². The molecule has 0 amide bonds. The first-order valence-corrected chi connectivity index (χ1v) is 4.00. The SMILES string of the molecule is OC(O)c1cc(F)ccc1I. The standard InChI is InChI=1S/C7H6FIO2/c8-4-1-2-6(9)5(3-4)7(10)11/h1-3,7,10-11H. The molecule has 0 aliphatic carbocycles. The van der Waals surface area contributed by atoms with Crippen LogP contribution in [0.5, 0.6) is 0 Å². The van der Waals surface area contributed by atoms with Gasteiger partial charge in [-0.3, -0.25) is 0 Å². The van der Waals surface area contributed by atoms with E-state index in [1.807, 2.05) is 22.6 Å². The molecule has 0 spiro atoms. The van der Waals surface area contributed by atoms with Crippen molar-refractivity contribution in [2.24, 2.45) is 0 Å². The van der Waals surface area contributed by atoms with Gasteiger partial charge in [0.05, 0.1) is 0 Å². The average molecular weight is 268 g/mol. The maximum Gasteiger partial charge on any atom is 0.179 e. The van der Waals surface area contributed by atoms with E-state index in [-0.39, 0.29) is 5.56 Å². The van der Waals surface area contributed by atoms with Gasteiger partial charge in [-0.05, 0) is 40.8 Å². The van der Waals surface area contributed by atoms with Crippen molar-refractivity contribution < 1.29 is 14.6 Å². The van der Waals surface area contributed by atoms with Crippen LogP contribution < -0.4 is 0 Å². The molecular weight excluding hydrogens is 262 g/mol. The number of rotatable bonds is 1. The topological polar surface area (TPSA) is 40.5 Å². The second kappa shape index (κ2) is 3.46. The third-order valence-electron chi connectivity index (χ3n) is 1.24. The van der Waals surface area contributed by atoms with E-state index in [1.165, 1.54) is 12.1 Å². The van der Waals surface area contributed by atoms with Crippen LogP contribution in [-0.4, -0.2) is 10.2 Å². The molecule has 0 aromatic heterocycles. The van der Waals surface area contributed by atoms with Gasteiger partial charge in [0.15, 0.2) is 6.29 Å². The van der Waals surface area contributed by atoms with Gasteiger partial charge in [-0.2, -0.15) is 0 Å². The minimum absolute atomic E-state index is 0.200. The summed E-state index contributed by atoms with van der Waals surface area (Å²) in [4.78, 5) is 0. The Morgan fingerprint density at radius 2 is 2.00 bits per heavy atom. The monoisotopic (exact) mass is 268 g/mol. The lowest BCUT2D eigenvalue weighted by atomic mass is 10.2. The van der Waals surface area contributed by atoms with E-state index in [9.17, 15) is 4.39 Å². The normalized spacial score (nSPS) is 10.6. The first-order valence-electron chi connectivity index (χ1n) is 2.92. The Hall–Kier alpha value is -0.200. The van der Waals surface area contributed by atoms with Crippen molar-refractivity contribution in [1.29, 1.82) is 0 Å². The molecule has 0 saturated carbocycles. The Labute approximate surface area is 76.8 Å². The van der Waals surface area contributed by atoms with E-state index in [0.29, 0.717) is 3.57 Å². The first kappa shape index (κ1) is 8.89. The van der Waals surface area contributed by atoms with Crippen LogP contribution in [-0.2, 0) is 0 Å². The maximum absolute atomic E-state index is 12.5. The van der Waals surface area contributed by atoms with Crippen molar-refractivity contribution in [2.45, 2.75) is 6.29 Å². The average Bonchev–Trinajstić information content (AvgIpc) is 1.94. The second-order valence-corrected chi connectivity index (χ2v) is 3.20. The van der Waals surface area contributed by atoms with Gasteiger partial charge in [0, 0.05) is 9.13 Å². The van der Waals surface area contributed by atoms with Crippen LogP contribution in [0.25, 0.3) is 0 Å². The van der Waals surface area contributed by atoms with E-state index < -0.39 is 12.1 Å². The minimum atomic E-state index is -1.60. The summed E-state index contributed by atoms with van der Waals surface area (Å²) in [6.45, 7) is 0. The van der Waals surface area contributed by atoms with E-state index in [0.717, 1.165) is 6.07 Å². The smallest absolute Gasteiger partial charge is 0.179 e. The van der Waals surface area contributed by atoms with Crippen LogP contribution >= 0.6 is 22.6 Å². The molecule has 1 aromatic carbocycles. The predicted molar refractivity (Wildman–Crippen MR) is 46.3 cm³/mol. The summed E-state index contributed by atoms with van der Waals surface area (Å²) in [5.74, 6) is -0.464. The van der Waals surface area contributed by atoms with Crippen molar-refractivity contribution in [3.05, 3.63) is 33.1 Å². The number of hydrogen-bond donors (Lipinski definition) is 2. The molecule has 0 fully saturated rings. The van der Waals surface area contributed by atoms with Gasteiger partial charge in [0.25, 0.3) is 0 Å². The van der Waals surface area contributed by atoms with Crippen molar-refractivity contribution >= 4 is 22.6 Å². The zero-order chi connectivity index (χ0) is 8.43. The van der Waals surface area contributed by atoms with Crippen molar-refractivity contribution in [1.82, 2.24) is 0 Å². The quantitative estimate of drug-likeness (QED) is 0.597. The van der Waals surface area contributed by atoms with Gasteiger partial charge in [-0.1, -0.05) is 0 Å². The minimum Gasteiger partial charge on any atom is -0.364 e. The fraction of sp³-hybridized carbons (Fsp3) is 0.143. The number of hydrogen-bond acceptors (Lipinski definition) is 2. The highest BCUT2D eigenvalue weighted by Crippen LogP contribution is 2.18. The Balaban J connectivity index is 3.13. The lowest BCUT2D eigenvalue weighted by molar-refractivity contribution is -0.0433. The van der Waals surface area contributed by atoms with Crippen LogP contribution in [0.4, 0.5) is 4.39 Å². The summed E-state index contributed by atoms with van der Waals surface area (Å²) >= 11 is 1.91. The van der Waals surface area contributed by atoms with Crippen molar-refractivity contribution in [3.63, 3.8) is 0 Å². The molecule has 0 atom stereocenters. The number of benzene rings is 1. The van der Waals surface area contributed by atoms with Crippen LogP contribution in [0.1, 0.15) is 11.9 Å². The highest BCUT2D eigenvalue weighted by molar-refractivity contribution is 14.1. The van der Waals surface area contributed by atoms with Gasteiger partial charge in [0.1, 0.15) is 5.82 Å². The summed E-state index contributed by atoms with van der Waals surface area (Å²) in [6.07, 6.45) is -1.60. The lowest BCUT2D eigenvalue weighted by Gasteiger charge is -2.05. The molecule has 4 heteroatoms. The fourth-order valence-electron chi connectivity index (χ4n) is 0.712. The fourth-order valence-corrected chi connectivity index (χ4v) is 1.33. The van der Waals surface area contributed by atoms with Gasteiger partial charge >= 0.3 is 0 Å². The summed E-state index contributed by atoms with van der Waals surface area (Å²) in [5.41, 5.74) is 0.200. The third kappa shape index (κ3) is 2.11. The highest BCUT2D eigenvalue weighted by atomic mass is 127. The molecule has 0 unspecified atom stereocenters. The predicted octanol–water partition coefficient (Wildman–Crippen LogP) is 1.41. The molecule has 2 N–H and O–H groups in total. The van der Waals surface area contributed by atoms with Crippen LogP contribution in [0.15, 0.2) is 18.2 Å². The van der Waals surface area contributed by atoms with Gasteiger partial charge in [-0.15, -0.1) is 0 Å². The summed E-state index contributed by atoms with van der Waals surface area (Å²) < 4.78 is 13.1. The van der Waals surface area contributed by atoms with E-state index in [2.05, 4.69) is 0 Å². The molecule has 0 aliphatic heterocycles. The molecular formula is C7H6FIO2. The number of aliphatic hydroxyl groups is 2. The number of halogens is 2. The van der Waals surface area contributed by atoms with E-state index in [4.69, 9.17) is 10.2 Å². The Morgan fingerprint density at radius 1 is 1.36 bits per heavy atom. The largest absolute Gasteiger partial charge is 0.364 e. The summed E-state index contributed by atoms with van der Waals surface area (Å²) in [7, 11) is 0. The Bertz CT molecular complexity index is 263. The molecule has 1 rings (SSSR count). The third-order valence-corrected chi connectivity index (χ3v) is 2.22. The maximum atomic E-state index is 12.5. The molecule has 0 heterocycles. The molecule has 0 radical (unpaired) electrons. The zero-order valence-electron chi connectivity index (χ0n) is 5.46. The molecule has 0 saturated heterocycles. The van der Waals surface area contributed by atoms with Crippen molar-refractivity contribution in [2.75, 3.05) is 0 Å². The molecule has 11 heavy (non-hydrogen) atoms.